The van der Waals surface area contributed by atoms with Crippen LogP contribution in [-0.2, 0) is 11.2 Å². The molecule has 4 nitrogen and oxygen atoms in total. The number of nitrogens with two attached hydrogens (primary N) is 1. The normalized spacial score (nSPS) is 10.5. The number of nitrogen functional groups attached to an aromatic ring is 1. The highest BCUT2D eigenvalue weighted by molar-refractivity contribution is 7.18. The summed E-state index contributed by atoms with van der Waals surface area (Å²) in [6, 6.07) is 5.97. The summed E-state index contributed by atoms with van der Waals surface area (Å²) < 4.78 is 10.2. The third-order valence-electron chi connectivity index (χ3n) is 3.37. The zero-order valence-corrected chi connectivity index (χ0v) is 13.5. The third kappa shape index (κ3) is 2.74. The Kier molecular flexibility index (Phi) is 4.53. The fraction of sp³-hybridized carbons (Fsp3) is 0.312. The Labute approximate surface area is 128 Å². The number of methoxy groups -OCH3 is 2. The number of thiophene rings is 1. The average Bonchev–Trinajstić information content (AvgIpc) is 2.83. The van der Waals surface area contributed by atoms with Crippen molar-refractivity contribution in [2.24, 2.45) is 0 Å². The Morgan fingerprint density at radius 2 is 2.05 bits per heavy atom. The SMILES string of the molecule is CCc1c(-c2cc(C)ccc2OC)sc(C(=O)OC)c1N. The lowest BCUT2D eigenvalue weighted by molar-refractivity contribution is 0.0607. The van der Waals surface area contributed by atoms with Crippen molar-refractivity contribution in [3.05, 3.63) is 34.2 Å². The van der Waals surface area contributed by atoms with E-state index in [1.807, 2.05) is 32.0 Å². The number of benzene rings is 1. The van der Waals surface area contributed by atoms with Crippen LogP contribution < -0.4 is 10.5 Å². The number of rotatable bonds is 4. The van der Waals surface area contributed by atoms with Gasteiger partial charge in [0.15, 0.2) is 0 Å². The lowest BCUT2D eigenvalue weighted by atomic mass is 10.0. The van der Waals surface area contributed by atoms with Crippen molar-refractivity contribution < 1.29 is 14.3 Å². The Bertz CT molecular complexity index is 676. The predicted octanol–water partition coefficient (Wildman–Crippen LogP) is 3.66. The fourth-order valence-electron chi connectivity index (χ4n) is 2.29. The number of hydrogen-bond acceptors (Lipinski definition) is 5. The summed E-state index contributed by atoms with van der Waals surface area (Å²) in [4.78, 5) is 13.3. The van der Waals surface area contributed by atoms with Crippen LogP contribution in [0, 0.1) is 6.92 Å². The van der Waals surface area contributed by atoms with Crippen molar-refractivity contribution >= 4 is 23.0 Å². The van der Waals surface area contributed by atoms with Gasteiger partial charge in [0.2, 0.25) is 0 Å². The molecular formula is C16H19NO3S. The topological polar surface area (TPSA) is 61.5 Å². The highest BCUT2D eigenvalue weighted by Gasteiger charge is 2.23. The van der Waals surface area contributed by atoms with E-state index in [9.17, 15) is 4.79 Å². The molecule has 5 heteroatoms. The highest BCUT2D eigenvalue weighted by atomic mass is 32.1. The number of hydrogen-bond donors (Lipinski definition) is 1. The molecule has 21 heavy (non-hydrogen) atoms. The summed E-state index contributed by atoms with van der Waals surface area (Å²) in [5.41, 5.74) is 9.68. The van der Waals surface area contributed by atoms with E-state index in [2.05, 4.69) is 0 Å². The Morgan fingerprint density at radius 1 is 1.33 bits per heavy atom. The van der Waals surface area contributed by atoms with Crippen LogP contribution in [0.5, 0.6) is 5.75 Å². The molecule has 0 unspecified atom stereocenters. The number of carbonyl (C=O) groups excluding carboxylic acids is 1. The van der Waals surface area contributed by atoms with Crippen LogP contribution in [0.15, 0.2) is 18.2 Å². The molecule has 1 aromatic heterocycles. The van der Waals surface area contributed by atoms with Gasteiger partial charge in [-0.1, -0.05) is 18.6 Å². The van der Waals surface area contributed by atoms with Gasteiger partial charge in [0.05, 0.1) is 19.9 Å². The van der Waals surface area contributed by atoms with E-state index in [1.54, 1.807) is 7.11 Å². The van der Waals surface area contributed by atoms with Crippen molar-refractivity contribution in [3.63, 3.8) is 0 Å². The molecule has 0 amide bonds. The first-order valence-electron chi connectivity index (χ1n) is 6.67. The summed E-state index contributed by atoms with van der Waals surface area (Å²) in [6.07, 6.45) is 0.742. The van der Waals surface area contributed by atoms with Gasteiger partial charge in [0.25, 0.3) is 0 Å². The maximum Gasteiger partial charge on any atom is 0.350 e. The summed E-state index contributed by atoms with van der Waals surface area (Å²) in [5, 5.41) is 0. The van der Waals surface area contributed by atoms with Gasteiger partial charge in [-0.05, 0) is 31.0 Å². The van der Waals surface area contributed by atoms with Crippen molar-refractivity contribution in [2.45, 2.75) is 20.3 Å². The van der Waals surface area contributed by atoms with E-state index in [4.69, 9.17) is 15.2 Å². The fourth-order valence-corrected chi connectivity index (χ4v) is 3.54. The van der Waals surface area contributed by atoms with Crippen LogP contribution in [0.4, 0.5) is 5.69 Å². The van der Waals surface area contributed by atoms with Gasteiger partial charge in [-0.3, -0.25) is 0 Å². The Hall–Kier alpha value is -2.01. The maximum atomic E-state index is 11.8. The van der Waals surface area contributed by atoms with Gasteiger partial charge in [-0.15, -0.1) is 11.3 Å². The highest BCUT2D eigenvalue weighted by Crippen LogP contribution is 2.43. The molecule has 0 saturated heterocycles. The zero-order chi connectivity index (χ0) is 15.6. The van der Waals surface area contributed by atoms with Crippen LogP contribution in [0.2, 0.25) is 0 Å². The predicted molar refractivity (Wildman–Crippen MR) is 86.2 cm³/mol. The molecule has 0 bridgehead atoms. The summed E-state index contributed by atoms with van der Waals surface area (Å²) in [6.45, 7) is 4.04. The molecule has 0 aliphatic carbocycles. The second-order valence-corrected chi connectivity index (χ2v) is 5.72. The summed E-state index contributed by atoms with van der Waals surface area (Å²) in [5.74, 6) is 0.373. The zero-order valence-electron chi connectivity index (χ0n) is 12.6. The van der Waals surface area contributed by atoms with Crippen molar-refractivity contribution in [1.29, 1.82) is 0 Å². The van der Waals surface area contributed by atoms with Crippen LogP contribution in [0.25, 0.3) is 10.4 Å². The molecule has 1 heterocycles. The lowest BCUT2D eigenvalue weighted by Crippen LogP contribution is -2.02. The second-order valence-electron chi connectivity index (χ2n) is 4.70. The van der Waals surface area contributed by atoms with E-state index in [0.29, 0.717) is 10.6 Å². The first-order valence-corrected chi connectivity index (χ1v) is 7.49. The maximum absolute atomic E-state index is 11.8. The van der Waals surface area contributed by atoms with Crippen molar-refractivity contribution in [3.8, 4) is 16.2 Å². The molecule has 0 aliphatic heterocycles. The minimum Gasteiger partial charge on any atom is -0.496 e. The summed E-state index contributed by atoms with van der Waals surface area (Å²) >= 11 is 1.36. The minimum absolute atomic E-state index is 0.398. The minimum atomic E-state index is -0.398. The Morgan fingerprint density at radius 3 is 2.62 bits per heavy atom. The van der Waals surface area contributed by atoms with Crippen LogP contribution in [-0.4, -0.2) is 20.2 Å². The van der Waals surface area contributed by atoms with Crippen LogP contribution in [0.1, 0.15) is 27.7 Å². The van der Waals surface area contributed by atoms with Gasteiger partial charge in [0.1, 0.15) is 10.6 Å². The van der Waals surface area contributed by atoms with Crippen LogP contribution >= 0.6 is 11.3 Å². The number of ether oxygens (including phenoxy) is 2. The molecule has 2 aromatic rings. The molecule has 112 valence electrons. The second kappa shape index (κ2) is 6.18. The quantitative estimate of drug-likeness (QED) is 0.876. The van der Waals surface area contributed by atoms with Gasteiger partial charge in [0, 0.05) is 10.4 Å². The monoisotopic (exact) mass is 305 g/mol. The van der Waals surface area contributed by atoms with E-state index in [-0.39, 0.29) is 0 Å². The molecular weight excluding hydrogens is 286 g/mol. The van der Waals surface area contributed by atoms with E-state index in [0.717, 1.165) is 33.7 Å². The molecule has 0 fully saturated rings. The molecule has 0 spiro atoms. The van der Waals surface area contributed by atoms with Crippen molar-refractivity contribution in [1.82, 2.24) is 0 Å². The van der Waals surface area contributed by atoms with E-state index in [1.165, 1.54) is 18.4 Å². The molecule has 2 rings (SSSR count). The van der Waals surface area contributed by atoms with Gasteiger partial charge in [-0.2, -0.15) is 0 Å². The average molecular weight is 305 g/mol. The smallest absolute Gasteiger partial charge is 0.350 e. The van der Waals surface area contributed by atoms with Gasteiger partial charge < -0.3 is 15.2 Å². The molecule has 1 aromatic carbocycles. The third-order valence-corrected chi connectivity index (χ3v) is 4.63. The van der Waals surface area contributed by atoms with E-state index >= 15 is 0 Å². The largest absolute Gasteiger partial charge is 0.496 e. The molecule has 0 saturated carbocycles. The molecule has 0 atom stereocenters. The van der Waals surface area contributed by atoms with Crippen molar-refractivity contribution in [2.75, 3.05) is 20.0 Å². The van der Waals surface area contributed by atoms with Gasteiger partial charge in [-0.25, -0.2) is 4.79 Å². The lowest BCUT2D eigenvalue weighted by Gasteiger charge is -2.10. The standard InChI is InChI=1S/C16H19NO3S/c1-5-10-13(17)15(16(18)20-4)21-14(10)11-8-9(2)6-7-12(11)19-3/h6-8H,5,17H2,1-4H3. The molecule has 0 radical (unpaired) electrons. The number of carbonyl (C=O) groups is 1. The van der Waals surface area contributed by atoms with E-state index < -0.39 is 5.97 Å². The van der Waals surface area contributed by atoms with Gasteiger partial charge >= 0.3 is 5.97 Å². The summed E-state index contributed by atoms with van der Waals surface area (Å²) in [7, 11) is 3.00. The van der Waals surface area contributed by atoms with Crippen LogP contribution in [0.3, 0.4) is 0 Å². The number of anilines is 1. The Balaban J connectivity index is 2.69. The molecule has 2 N–H and O–H groups in total. The number of aryl methyl sites for hydroxylation is 1. The molecule has 0 aliphatic rings. The first kappa shape index (κ1) is 15.4. The first-order chi connectivity index (χ1) is 10.0. The number of esters is 1.